The molecule has 3 nitrogen and oxygen atoms in total. The van der Waals surface area contributed by atoms with Gasteiger partial charge in [0.15, 0.2) is 11.5 Å². The molecule has 0 fully saturated rings. The summed E-state index contributed by atoms with van der Waals surface area (Å²) in [6, 6.07) is 10.8. The normalized spacial score (nSPS) is 22.0. The van der Waals surface area contributed by atoms with Crippen molar-refractivity contribution in [2.75, 3.05) is 6.54 Å². The summed E-state index contributed by atoms with van der Waals surface area (Å²) in [5.41, 5.74) is 5.82. The van der Waals surface area contributed by atoms with E-state index in [1.807, 2.05) is 6.07 Å². The van der Waals surface area contributed by atoms with Crippen LogP contribution in [0.4, 0.5) is 0 Å². The molecule has 2 aliphatic rings. The van der Waals surface area contributed by atoms with Crippen molar-refractivity contribution in [3.63, 3.8) is 0 Å². The first-order valence-corrected chi connectivity index (χ1v) is 8.60. The van der Waals surface area contributed by atoms with Gasteiger partial charge in [-0.1, -0.05) is 44.5 Å². The van der Waals surface area contributed by atoms with Crippen molar-refractivity contribution in [1.29, 1.82) is 0 Å². The SMILES string of the molecule is CCC[C@@H]1c2cccc3c2[C@H](Cc2ccc(O)c(O)c2-3)N1CC. The van der Waals surface area contributed by atoms with Crippen LogP contribution in [0.2, 0.25) is 0 Å². The van der Waals surface area contributed by atoms with E-state index in [2.05, 4.69) is 36.9 Å². The van der Waals surface area contributed by atoms with Crippen molar-refractivity contribution < 1.29 is 10.2 Å². The van der Waals surface area contributed by atoms with Crippen molar-refractivity contribution >= 4 is 0 Å². The van der Waals surface area contributed by atoms with Crippen molar-refractivity contribution in [3.05, 3.63) is 47.0 Å². The molecule has 1 aliphatic carbocycles. The lowest BCUT2D eigenvalue weighted by Crippen LogP contribution is -2.28. The molecule has 0 saturated heterocycles. The molecule has 2 aromatic carbocycles. The third-order valence-corrected chi connectivity index (χ3v) is 5.49. The van der Waals surface area contributed by atoms with Gasteiger partial charge in [-0.15, -0.1) is 0 Å². The van der Waals surface area contributed by atoms with E-state index < -0.39 is 0 Å². The first-order valence-electron chi connectivity index (χ1n) is 8.60. The van der Waals surface area contributed by atoms with E-state index >= 15 is 0 Å². The minimum Gasteiger partial charge on any atom is -0.504 e. The Morgan fingerprint density at radius 1 is 1.13 bits per heavy atom. The van der Waals surface area contributed by atoms with E-state index in [1.165, 1.54) is 11.1 Å². The molecule has 0 saturated carbocycles. The van der Waals surface area contributed by atoms with Crippen LogP contribution in [0.5, 0.6) is 11.5 Å². The third kappa shape index (κ3) is 1.93. The second-order valence-electron chi connectivity index (χ2n) is 6.63. The third-order valence-electron chi connectivity index (χ3n) is 5.49. The molecular weight excluding hydrogens is 286 g/mol. The number of nitrogens with zero attached hydrogens (tertiary/aromatic N) is 1. The molecule has 0 spiro atoms. The zero-order chi connectivity index (χ0) is 16.1. The van der Waals surface area contributed by atoms with E-state index in [0.29, 0.717) is 12.1 Å². The van der Waals surface area contributed by atoms with Crippen molar-refractivity contribution in [2.45, 2.75) is 45.2 Å². The molecule has 3 heteroatoms. The standard InChI is InChI=1S/C20H23NO2/c1-3-6-15-13-7-5-8-14-18-12(9-10-17(22)20(18)23)11-16(19(13)14)21(15)4-2/h5,7-10,15-16,22-23H,3-4,6,11H2,1-2H3/t15-,16+/m1/s1. The van der Waals surface area contributed by atoms with Gasteiger partial charge in [-0.2, -0.15) is 0 Å². The van der Waals surface area contributed by atoms with E-state index in [0.717, 1.165) is 42.5 Å². The summed E-state index contributed by atoms with van der Waals surface area (Å²) < 4.78 is 0. The van der Waals surface area contributed by atoms with E-state index in [1.54, 1.807) is 6.07 Å². The maximum Gasteiger partial charge on any atom is 0.165 e. The summed E-state index contributed by atoms with van der Waals surface area (Å²) in [6.45, 7) is 5.50. The molecule has 4 rings (SSSR count). The molecule has 2 aromatic rings. The zero-order valence-corrected chi connectivity index (χ0v) is 13.7. The van der Waals surface area contributed by atoms with Crippen LogP contribution in [0.3, 0.4) is 0 Å². The van der Waals surface area contributed by atoms with Crippen molar-refractivity contribution in [1.82, 2.24) is 4.90 Å². The zero-order valence-electron chi connectivity index (χ0n) is 13.7. The van der Waals surface area contributed by atoms with Crippen LogP contribution in [0.15, 0.2) is 30.3 Å². The highest BCUT2D eigenvalue weighted by molar-refractivity contribution is 5.82. The second-order valence-corrected chi connectivity index (χ2v) is 6.63. The maximum absolute atomic E-state index is 10.4. The van der Waals surface area contributed by atoms with E-state index in [4.69, 9.17) is 0 Å². The second kappa shape index (κ2) is 5.27. The van der Waals surface area contributed by atoms with E-state index in [-0.39, 0.29) is 11.5 Å². The number of likely N-dealkylation sites (N-methyl/N-ethyl adjacent to an activating group) is 1. The first-order chi connectivity index (χ1) is 11.2. The lowest BCUT2D eigenvalue weighted by molar-refractivity contribution is 0.160. The fourth-order valence-electron chi connectivity index (χ4n) is 4.58. The highest BCUT2D eigenvalue weighted by Crippen LogP contribution is 2.55. The van der Waals surface area contributed by atoms with Crippen LogP contribution in [0, 0.1) is 0 Å². The van der Waals surface area contributed by atoms with Crippen LogP contribution < -0.4 is 0 Å². The van der Waals surface area contributed by atoms with Gasteiger partial charge in [0.05, 0.1) is 0 Å². The lowest BCUT2D eigenvalue weighted by atomic mass is 9.81. The number of phenols is 2. The highest BCUT2D eigenvalue weighted by Gasteiger charge is 2.41. The van der Waals surface area contributed by atoms with Gasteiger partial charge in [0.25, 0.3) is 0 Å². The number of rotatable bonds is 3. The van der Waals surface area contributed by atoms with Crippen LogP contribution in [0.25, 0.3) is 11.1 Å². The smallest absolute Gasteiger partial charge is 0.165 e. The Morgan fingerprint density at radius 3 is 2.70 bits per heavy atom. The minimum absolute atomic E-state index is 0.0244. The molecule has 23 heavy (non-hydrogen) atoms. The molecule has 0 bridgehead atoms. The molecule has 0 aromatic heterocycles. The molecule has 0 unspecified atom stereocenters. The molecule has 120 valence electrons. The van der Waals surface area contributed by atoms with Gasteiger partial charge in [0, 0.05) is 17.6 Å². The molecule has 0 amide bonds. The molecule has 0 radical (unpaired) electrons. The van der Waals surface area contributed by atoms with Gasteiger partial charge in [0.2, 0.25) is 0 Å². The topological polar surface area (TPSA) is 43.7 Å². The average Bonchev–Trinajstić information content (AvgIpc) is 2.86. The van der Waals surface area contributed by atoms with Gasteiger partial charge < -0.3 is 10.2 Å². The fraction of sp³-hybridized carbons (Fsp3) is 0.400. The fourth-order valence-corrected chi connectivity index (χ4v) is 4.58. The number of fused-ring (bicyclic) bond motifs is 2. The quantitative estimate of drug-likeness (QED) is 0.818. The van der Waals surface area contributed by atoms with Crippen molar-refractivity contribution in [3.8, 4) is 22.6 Å². The summed E-state index contributed by atoms with van der Waals surface area (Å²) >= 11 is 0. The highest BCUT2D eigenvalue weighted by atomic mass is 16.3. The van der Waals surface area contributed by atoms with Crippen LogP contribution >= 0.6 is 0 Å². The Bertz CT molecular complexity index is 768. The molecular formula is C20H23NO2. The summed E-state index contributed by atoms with van der Waals surface area (Å²) in [7, 11) is 0. The number of hydrogen-bond acceptors (Lipinski definition) is 3. The van der Waals surface area contributed by atoms with Crippen LogP contribution in [0.1, 0.15) is 55.5 Å². The monoisotopic (exact) mass is 309 g/mol. The Labute approximate surface area is 137 Å². The first kappa shape index (κ1) is 14.6. The minimum atomic E-state index is -0.0322. The number of phenolic OH excluding ortho intramolecular Hbond substituents is 2. The van der Waals surface area contributed by atoms with Gasteiger partial charge in [-0.05, 0) is 47.7 Å². The van der Waals surface area contributed by atoms with Crippen molar-refractivity contribution in [2.24, 2.45) is 0 Å². The summed E-state index contributed by atoms with van der Waals surface area (Å²) in [5, 5.41) is 20.3. The molecule has 1 aliphatic heterocycles. The predicted octanol–water partition coefficient (Wildman–Crippen LogP) is 4.54. The molecule has 2 N–H and O–H groups in total. The van der Waals surface area contributed by atoms with Crippen LogP contribution in [-0.2, 0) is 6.42 Å². The van der Waals surface area contributed by atoms with Gasteiger partial charge in [-0.3, -0.25) is 4.90 Å². The maximum atomic E-state index is 10.4. The lowest BCUT2D eigenvalue weighted by Gasteiger charge is -2.32. The average molecular weight is 309 g/mol. The Kier molecular flexibility index (Phi) is 3.34. The summed E-state index contributed by atoms with van der Waals surface area (Å²) in [5.74, 6) is -0.00778. The largest absolute Gasteiger partial charge is 0.504 e. The van der Waals surface area contributed by atoms with Gasteiger partial charge in [-0.25, -0.2) is 0 Å². The van der Waals surface area contributed by atoms with Crippen LogP contribution in [-0.4, -0.2) is 21.7 Å². The Balaban J connectivity index is 1.96. The van der Waals surface area contributed by atoms with Gasteiger partial charge in [0.1, 0.15) is 0 Å². The summed E-state index contributed by atoms with van der Waals surface area (Å²) in [6.07, 6.45) is 3.23. The van der Waals surface area contributed by atoms with Gasteiger partial charge >= 0.3 is 0 Å². The Morgan fingerprint density at radius 2 is 1.96 bits per heavy atom. The number of aromatic hydroxyl groups is 2. The summed E-state index contributed by atoms with van der Waals surface area (Å²) in [4.78, 5) is 2.60. The predicted molar refractivity (Wildman–Crippen MR) is 91.7 cm³/mol. The Hall–Kier alpha value is -2.00. The molecule has 1 heterocycles. The number of benzene rings is 2. The molecule has 2 atom stereocenters. The van der Waals surface area contributed by atoms with E-state index in [9.17, 15) is 10.2 Å². The number of hydrogen-bond donors (Lipinski definition) is 2.